The monoisotopic (exact) mass is 468 g/mol. The first-order valence-corrected chi connectivity index (χ1v) is 10.6. The van der Waals surface area contributed by atoms with Crippen LogP contribution in [0.25, 0.3) is 16.7 Å². The minimum Gasteiger partial charge on any atom is -0.384 e. The van der Waals surface area contributed by atoms with Gasteiger partial charge in [-0.3, -0.25) is 4.57 Å². The Morgan fingerprint density at radius 3 is 2.27 bits per heavy atom. The number of hydrogen-bond acceptors (Lipinski definition) is 7. The van der Waals surface area contributed by atoms with Crippen molar-refractivity contribution >= 4 is 50.2 Å². The van der Waals surface area contributed by atoms with Crippen molar-refractivity contribution in [3.63, 3.8) is 0 Å². The van der Waals surface area contributed by atoms with E-state index in [9.17, 15) is 5.26 Å². The van der Waals surface area contributed by atoms with Crippen molar-refractivity contribution in [2.75, 3.05) is 55.1 Å². The zero-order chi connectivity index (χ0) is 21.6. The van der Waals surface area contributed by atoms with Crippen LogP contribution in [0.2, 0.25) is 0 Å². The molecule has 0 saturated carbocycles. The smallest absolute Gasteiger partial charge is 0.226 e. The number of nitriles is 1. The Morgan fingerprint density at radius 1 is 1.07 bits per heavy atom. The molecule has 1 aromatic carbocycles. The number of anilines is 4. The maximum absolute atomic E-state index is 9.23. The fraction of sp³-hybridized carbons (Fsp3) is 0.381. The summed E-state index contributed by atoms with van der Waals surface area (Å²) in [6.45, 7) is 5.55. The lowest BCUT2D eigenvalue weighted by atomic mass is 10.0. The largest absolute Gasteiger partial charge is 0.384 e. The average Bonchev–Trinajstić information content (AvgIpc) is 2.99. The van der Waals surface area contributed by atoms with Crippen molar-refractivity contribution in [2.45, 2.75) is 13.8 Å². The van der Waals surface area contributed by atoms with E-state index in [0.29, 0.717) is 19.0 Å². The molecular weight excluding hydrogens is 444 g/mol. The Kier molecular flexibility index (Phi) is 5.20. The van der Waals surface area contributed by atoms with E-state index >= 15 is 0 Å². The van der Waals surface area contributed by atoms with E-state index in [1.54, 1.807) is 0 Å². The molecule has 1 aliphatic heterocycles. The van der Waals surface area contributed by atoms with Gasteiger partial charge in [0.15, 0.2) is 5.65 Å². The maximum Gasteiger partial charge on any atom is 0.226 e. The van der Waals surface area contributed by atoms with Crippen molar-refractivity contribution in [1.82, 2.24) is 14.5 Å². The van der Waals surface area contributed by atoms with E-state index < -0.39 is 0 Å². The summed E-state index contributed by atoms with van der Waals surface area (Å²) in [5, 5.41) is 20.0. The third-order valence-corrected chi connectivity index (χ3v) is 6.00. The van der Waals surface area contributed by atoms with Gasteiger partial charge in [0.2, 0.25) is 5.95 Å². The fourth-order valence-corrected chi connectivity index (χ4v) is 4.87. The Morgan fingerprint density at radius 2 is 1.73 bits per heavy atom. The quantitative estimate of drug-likeness (QED) is 0.522. The highest BCUT2D eigenvalue weighted by molar-refractivity contribution is 9.10. The molecule has 8 nitrogen and oxygen atoms in total. The van der Waals surface area contributed by atoms with Crippen LogP contribution in [0.1, 0.15) is 11.1 Å². The summed E-state index contributed by atoms with van der Waals surface area (Å²) >= 11 is 3.60. The molecule has 2 aromatic heterocycles. The molecule has 0 bridgehead atoms. The van der Waals surface area contributed by atoms with Gasteiger partial charge in [0.1, 0.15) is 11.6 Å². The Labute approximate surface area is 184 Å². The standard InChI is InChI=1S/C21H25BrN8/c1-11-6-14(22)7-12(2)17(11)30-19-15(16(24-3)20(30)25-4)18(27-21(26-5)28-19)29-9-13(8-23)10-29/h6-7,13,24-25H,9-10H2,1-5H3,(H,26,27,28). The molecule has 9 heteroatoms. The van der Waals surface area contributed by atoms with Crippen LogP contribution in [0.4, 0.5) is 23.3 Å². The minimum atomic E-state index is 0.0351. The summed E-state index contributed by atoms with van der Waals surface area (Å²) in [6.07, 6.45) is 0. The Bertz CT molecular complexity index is 1150. The predicted molar refractivity (Wildman–Crippen MR) is 126 cm³/mol. The molecule has 1 saturated heterocycles. The number of rotatable bonds is 5. The molecule has 1 aliphatic rings. The molecule has 0 atom stereocenters. The van der Waals surface area contributed by atoms with Gasteiger partial charge in [-0.1, -0.05) is 15.9 Å². The molecule has 1 fully saturated rings. The summed E-state index contributed by atoms with van der Waals surface area (Å²) in [7, 11) is 5.64. The lowest BCUT2D eigenvalue weighted by molar-refractivity contribution is 0.501. The van der Waals surface area contributed by atoms with E-state index in [4.69, 9.17) is 9.97 Å². The topological polar surface area (TPSA) is 93.8 Å². The lowest BCUT2D eigenvalue weighted by Gasteiger charge is -2.36. The number of halogens is 1. The first kappa shape index (κ1) is 20.3. The number of benzene rings is 1. The number of aromatic nitrogens is 3. The van der Waals surface area contributed by atoms with Gasteiger partial charge in [0, 0.05) is 38.7 Å². The molecule has 4 rings (SSSR count). The second kappa shape index (κ2) is 7.69. The molecule has 0 amide bonds. The van der Waals surface area contributed by atoms with Crippen LogP contribution >= 0.6 is 15.9 Å². The molecule has 0 spiro atoms. The van der Waals surface area contributed by atoms with Crippen molar-refractivity contribution in [3.05, 3.63) is 27.7 Å². The molecule has 0 radical (unpaired) electrons. The average molecular weight is 469 g/mol. The second-order valence-electron chi connectivity index (χ2n) is 7.50. The molecule has 3 heterocycles. The molecule has 0 aliphatic carbocycles. The SMILES string of the molecule is CNc1nc(N2CC(C#N)C2)c2c(NC)c(NC)n(-c3c(C)cc(Br)cc3C)c2n1. The van der Waals surface area contributed by atoms with Gasteiger partial charge in [0.25, 0.3) is 0 Å². The minimum absolute atomic E-state index is 0.0351. The van der Waals surface area contributed by atoms with Crippen LogP contribution in [0, 0.1) is 31.1 Å². The lowest BCUT2D eigenvalue weighted by Crippen LogP contribution is -2.46. The second-order valence-corrected chi connectivity index (χ2v) is 8.41. The van der Waals surface area contributed by atoms with Crippen molar-refractivity contribution < 1.29 is 0 Å². The molecule has 3 N–H and O–H groups in total. The van der Waals surface area contributed by atoms with E-state index in [0.717, 1.165) is 49.6 Å². The van der Waals surface area contributed by atoms with Crippen LogP contribution in [0.3, 0.4) is 0 Å². The third kappa shape index (κ3) is 3.03. The number of aryl methyl sites for hydroxylation is 2. The van der Waals surface area contributed by atoms with Gasteiger partial charge in [-0.15, -0.1) is 0 Å². The van der Waals surface area contributed by atoms with E-state index in [1.165, 1.54) is 0 Å². The van der Waals surface area contributed by atoms with Crippen LogP contribution < -0.4 is 20.9 Å². The number of nitrogens with one attached hydrogen (secondary N) is 3. The van der Waals surface area contributed by atoms with Crippen LogP contribution in [-0.2, 0) is 0 Å². The van der Waals surface area contributed by atoms with Gasteiger partial charge >= 0.3 is 0 Å². The summed E-state index contributed by atoms with van der Waals surface area (Å²) in [6, 6.07) is 6.57. The van der Waals surface area contributed by atoms with Gasteiger partial charge in [-0.25, -0.2) is 0 Å². The molecule has 156 valence electrons. The van der Waals surface area contributed by atoms with E-state index in [1.807, 2.05) is 21.1 Å². The molecular formula is C21H25BrN8. The Hall–Kier alpha value is -2.99. The highest BCUT2D eigenvalue weighted by Gasteiger charge is 2.33. The molecule has 3 aromatic rings. The normalized spacial score (nSPS) is 13.8. The summed E-state index contributed by atoms with van der Waals surface area (Å²) < 4.78 is 3.21. The number of nitrogens with zero attached hydrogens (tertiary/aromatic N) is 5. The van der Waals surface area contributed by atoms with Crippen LogP contribution in [-0.4, -0.2) is 48.8 Å². The maximum atomic E-state index is 9.23. The highest BCUT2D eigenvalue weighted by Crippen LogP contribution is 2.44. The summed E-state index contributed by atoms with van der Waals surface area (Å²) in [5.74, 6) is 2.34. The fourth-order valence-electron chi connectivity index (χ4n) is 4.19. The summed E-state index contributed by atoms with van der Waals surface area (Å²) in [4.78, 5) is 11.8. The van der Waals surface area contributed by atoms with Crippen molar-refractivity contribution in [2.24, 2.45) is 5.92 Å². The first-order valence-electron chi connectivity index (χ1n) is 9.84. The predicted octanol–water partition coefficient (Wildman–Crippen LogP) is 3.88. The van der Waals surface area contributed by atoms with E-state index in [-0.39, 0.29) is 5.92 Å². The van der Waals surface area contributed by atoms with Crippen LogP contribution in [0.5, 0.6) is 0 Å². The van der Waals surface area contributed by atoms with Crippen LogP contribution in [0.15, 0.2) is 16.6 Å². The van der Waals surface area contributed by atoms with Gasteiger partial charge in [0.05, 0.1) is 28.7 Å². The highest BCUT2D eigenvalue weighted by atomic mass is 79.9. The van der Waals surface area contributed by atoms with Gasteiger partial charge in [-0.05, 0) is 37.1 Å². The number of hydrogen-bond donors (Lipinski definition) is 3. The van der Waals surface area contributed by atoms with Crippen molar-refractivity contribution in [1.29, 1.82) is 5.26 Å². The van der Waals surface area contributed by atoms with Gasteiger partial charge < -0.3 is 20.9 Å². The third-order valence-electron chi connectivity index (χ3n) is 5.55. The zero-order valence-electron chi connectivity index (χ0n) is 17.8. The Balaban J connectivity index is 2.08. The van der Waals surface area contributed by atoms with Gasteiger partial charge in [-0.2, -0.15) is 15.2 Å². The first-order chi connectivity index (χ1) is 14.4. The molecule has 30 heavy (non-hydrogen) atoms. The van der Waals surface area contributed by atoms with Crippen molar-refractivity contribution in [3.8, 4) is 11.8 Å². The summed E-state index contributed by atoms with van der Waals surface area (Å²) in [5.41, 5.74) is 5.11. The zero-order valence-corrected chi connectivity index (χ0v) is 19.3. The van der Waals surface area contributed by atoms with E-state index in [2.05, 4.69) is 73.4 Å². The number of fused-ring (bicyclic) bond motifs is 1. The molecule has 0 unspecified atom stereocenters.